The van der Waals surface area contributed by atoms with Crippen LogP contribution >= 0.6 is 11.6 Å². The molecular weight excluding hydrogens is 418 g/mol. The van der Waals surface area contributed by atoms with E-state index in [9.17, 15) is 9.59 Å². The number of anilines is 1. The van der Waals surface area contributed by atoms with Crippen molar-refractivity contribution in [1.82, 2.24) is 10.2 Å². The lowest BCUT2D eigenvalue weighted by atomic mass is 10.1. The Morgan fingerprint density at radius 3 is 2.45 bits per heavy atom. The third-order valence-corrected chi connectivity index (χ3v) is 5.58. The second-order valence-corrected chi connectivity index (χ2v) is 7.71. The number of carbonyl (C=O) groups is 2. The molecule has 3 rings (SSSR count). The highest BCUT2D eigenvalue weighted by atomic mass is 35.5. The van der Waals surface area contributed by atoms with E-state index in [1.54, 1.807) is 19.1 Å². The molecule has 0 saturated carbocycles. The van der Waals surface area contributed by atoms with E-state index in [1.165, 1.54) is 0 Å². The molecule has 0 aliphatic carbocycles. The number of methoxy groups -OCH3 is 2. The second kappa shape index (κ2) is 10.9. The number of rotatable bonds is 8. The van der Waals surface area contributed by atoms with Crippen molar-refractivity contribution in [2.75, 3.05) is 51.8 Å². The molecule has 1 heterocycles. The van der Waals surface area contributed by atoms with E-state index in [0.717, 1.165) is 24.3 Å². The van der Waals surface area contributed by atoms with Crippen molar-refractivity contribution < 1.29 is 19.1 Å². The Morgan fingerprint density at radius 2 is 1.77 bits per heavy atom. The van der Waals surface area contributed by atoms with E-state index < -0.39 is 0 Å². The van der Waals surface area contributed by atoms with E-state index in [0.29, 0.717) is 36.0 Å². The summed E-state index contributed by atoms with van der Waals surface area (Å²) >= 11 is 6.07. The number of carbonyl (C=O) groups excluding carboxylic acids is 2. The van der Waals surface area contributed by atoms with E-state index in [2.05, 4.69) is 10.2 Å². The Hall–Kier alpha value is -2.93. The molecule has 1 fully saturated rings. The maximum Gasteiger partial charge on any atom is 0.242 e. The summed E-state index contributed by atoms with van der Waals surface area (Å²) in [6, 6.07) is 13.3. The largest absolute Gasteiger partial charge is 0.493 e. The molecule has 1 saturated heterocycles. The van der Waals surface area contributed by atoms with Crippen molar-refractivity contribution in [2.24, 2.45) is 0 Å². The fraction of sp³-hybridized carbons (Fsp3) is 0.391. The molecule has 7 nitrogen and oxygen atoms in total. The summed E-state index contributed by atoms with van der Waals surface area (Å²) in [6.07, 6.45) is 0.762. The smallest absolute Gasteiger partial charge is 0.242 e. The van der Waals surface area contributed by atoms with Crippen LogP contribution in [0.5, 0.6) is 11.5 Å². The molecule has 0 spiro atoms. The second-order valence-electron chi connectivity index (χ2n) is 7.28. The van der Waals surface area contributed by atoms with Crippen LogP contribution in [-0.2, 0) is 16.0 Å². The van der Waals surface area contributed by atoms with E-state index in [1.807, 2.05) is 42.5 Å². The molecule has 0 unspecified atom stereocenters. The topological polar surface area (TPSA) is 71.1 Å². The Morgan fingerprint density at radius 1 is 1.03 bits per heavy atom. The Bertz CT molecular complexity index is 913. The number of hydrogen-bond acceptors (Lipinski definition) is 5. The quantitative estimate of drug-likeness (QED) is 0.676. The number of amides is 2. The predicted octanol–water partition coefficient (Wildman–Crippen LogP) is 2.75. The van der Waals surface area contributed by atoms with Gasteiger partial charge < -0.3 is 24.6 Å². The molecule has 2 amide bonds. The maximum atomic E-state index is 12.5. The molecule has 2 aromatic carbocycles. The standard InChI is InChI=1S/C23H28ClN3O4/c1-30-20-8-3-5-17(23(20)31-2)9-10-21(28)25-16-22(29)27-13-11-26(12-14-27)19-7-4-6-18(24)15-19/h3-8,15H,9-14,16H2,1-2H3,(H,25,28). The normalized spacial score (nSPS) is 13.6. The highest BCUT2D eigenvalue weighted by Crippen LogP contribution is 2.31. The number of halogens is 1. The van der Waals surface area contributed by atoms with Gasteiger partial charge >= 0.3 is 0 Å². The number of ether oxygens (including phenoxy) is 2. The van der Waals surface area contributed by atoms with Crippen molar-refractivity contribution in [3.63, 3.8) is 0 Å². The van der Waals surface area contributed by atoms with Gasteiger partial charge in [-0.15, -0.1) is 0 Å². The number of para-hydroxylation sites is 1. The molecule has 1 N–H and O–H groups in total. The first-order chi connectivity index (χ1) is 15.0. The summed E-state index contributed by atoms with van der Waals surface area (Å²) in [5.41, 5.74) is 1.95. The first kappa shape index (κ1) is 22.7. The van der Waals surface area contributed by atoms with Gasteiger partial charge in [-0.1, -0.05) is 29.8 Å². The maximum absolute atomic E-state index is 12.5. The van der Waals surface area contributed by atoms with Gasteiger partial charge in [-0.05, 0) is 36.2 Å². The summed E-state index contributed by atoms with van der Waals surface area (Å²) in [5, 5.41) is 3.43. The van der Waals surface area contributed by atoms with Crippen molar-refractivity contribution in [1.29, 1.82) is 0 Å². The van der Waals surface area contributed by atoms with Gasteiger partial charge in [-0.2, -0.15) is 0 Å². The van der Waals surface area contributed by atoms with Gasteiger partial charge in [0.05, 0.1) is 20.8 Å². The van der Waals surface area contributed by atoms with E-state index >= 15 is 0 Å². The minimum absolute atomic E-state index is 0.00520. The summed E-state index contributed by atoms with van der Waals surface area (Å²) in [4.78, 5) is 28.7. The van der Waals surface area contributed by atoms with E-state index in [4.69, 9.17) is 21.1 Å². The Kier molecular flexibility index (Phi) is 8.00. The van der Waals surface area contributed by atoms with Crippen LogP contribution in [0.2, 0.25) is 5.02 Å². The molecule has 1 aliphatic heterocycles. The van der Waals surface area contributed by atoms with Gasteiger partial charge in [0, 0.05) is 43.3 Å². The van der Waals surface area contributed by atoms with Crippen LogP contribution in [0.3, 0.4) is 0 Å². The molecule has 1 aliphatic rings. The molecule has 166 valence electrons. The fourth-order valence-corrected chi connectivity index (χ4v) is 3.84. The number of benzene rings is 2. The lowest BCUT2D eigenvalue weighted by Crippen LogP contribution is -2.51. The zero-order valence-corrected chi connectivity index (χ0v) is 18.7. The van der Waals surface area contributed by atoms with Crippen LogP contribution in [-0.4, -0.2) is 63.7 Å². The summed E-state index contributed by atoms with van der Waals surface area (Å²) in [5.74, 6) is 1.02. The van der Waals surface area contributed by atoms with Gasteiger partial charge in [0.2, 0.25) is 11.8 Å². The predicted molar refractivity (Wildman–Crippen MR) is 121 cm³/mol. The van der Waals surface area contributed by atoms with Crippen LogP contribution in [0, 0.1) is 0 Å². The first-order valence-electron chi connectivity index (χ1n) is 10.3. The minimum atomic E-state index is -0.171. The van der Waals surface area contributed by atoms with Crippen LogP contribution in [0.25, 0.3) is 0 Å². The summed E-state index contributed by atoms with van der Waals surface area (Å²) in [6.45, 7) is 2.70. The third-order valence-electron chi connectivity index (χ3n) is 5.35. The van der Waals surface area contributed by atoms with Gasteiger partial charge in [0.15, 0.2) is 11.5 Å². The lowest BCUT2D eigenvalue weighted by molar-refractivity contribution is -0.133. The number of aryl methyl sites for hydroxylation is 1. The zero-order valence-electron chi connectivity index (χ0n) is 17.9. The minimum Gasteiger partial charge on any atom is -0.493 e. The molecular formula is C23H28ClN3O4. The van der Waals surface area contributed by atoms with Crippen LogP contribution in [0.15, 0.2) is 42.5 Å². The highest BCUT2D eigenvalue weighted by Gasteiger charge is 2.21. The monoisotopic (exact) mass is 445 g/mol. The van der Waals surface area contributed by atoms with Crippen LogP contribution < -0.4 is 19.7 Å². The third kappa shape index (κ3) is 6.04. The molecule has 31 heavy (non-hydrogen) atoms. The SMILES string of the molecule is COc1cccc(CCC(=O)NCC(=O)N2CCN(c3cccc(Cl)c3)CC2)c1OC. The zero-order chi connectivity index (χ0) is 22.2. The summed E-state index contributed by atoms with van der Waals surface area (Å²) in [7, 11) is 3.15. The average Bonchev–Trinajstić information content (AvgIpc) is 2.80. The summed E-state index contributed by atoms with van der Waals surface area (Å²) < 4.78 is 10.7. The number of nitrogens with one attached hydrogen (secondary N) is 1. The molecule has 0 atom stereocenters. The molecule has 2 aromatic rings. The van der Waals surface area contributed by atoms with Crippen LogP contribution in [0.1, 0.15) is 12.0 Å². The van der Waals surface area contributed by atoms with Gasteiger partial charge in [0.25, 0.3) is 0 Å². The fourth-order valence-electron chi connectivity index (χ4n) is 3.66. The van der Waals surface area contributed by atoms with Crippen LogP contribution in [0.4, 0.5) is 5.69 Å². The number of nitrogens with zero attached hydrogens (tertiary/aromatic N) is 2. The van der Waals surface area contributed by atoms with Crippen molar-refractivity contribution in [3.8, 4) is 11.5 Å². The first-order valence-corrected chi connectivity index (χ1v) is 10.6. The number of hydrogen-bond donors (Lipinski definition) is 1. The Labute approximate surface area is 187 Å². The number of piperazine rings is 1. The van der Waals surface area contributed by atoms with Crippen molar-refractivity contribution in [3.05, 3.63) is 53.1 Å². The van der Waals surface area contributed by atoms with E-state index in [-0.39, 0.29) is 24.8 Å². The highest BCUT2D eigenvalue weighted by molar-refractivity contribution is 6.30. The van der Waals surface area contributed by atoms with Gasteiger partial charge in [-0.3, -0.25) is 9.59 Å². The lowest BCUT2D eigenvalue weighted by Gasteiger charge is -2.36. The molecule has 8 heteroatoms. The molecule has 0 aromatic heterocycles. The van der Waals surface area contributed by atoms with Gasteiger partial charge in [0.1, 0.15) is 0 Å². The van der Waals surface area contributed by atoms with Crippen molar-refractivity contribution >= 4 is 29.1 Å². The van der Waals surface area contributed by atoms with Gasteiger partial charge in [-0.25, -0.2) is 0 Å². The molecule has 0 bridgehead atoms. The molecule has 0 radical (unpaired) electrons. The Balaban J connectivity index is 1.42. The average molecular weight is 446 g/mol. The van der Waals surface area contributed by atoms with Crippen molar-refractivity contribution in [2.45, 2.75) is 12.8 Å².